The molecule has 0 aliphatic carbocycles. The molecule has 1 N–H and O–H groups in total. The summed E-state index contributed by atoms with van der Waals surface area (Å²) in [4.78, 5) is 25.3. The van der Waals surface area contributed by atoms with Crippen LogP contribution >= 0.6 is 0 Å². The lowest BCUT2D eigenvalue weighted by Crippen LogP contribution is -2.37. The molecule has 0 saturated heterocycles. The van der Waals surface area contributed by atoms with Crippen LogP contribution in [0.2, 0.25) is 0 Å². The molecule has 3 rings (SSSR count). The van der Waals surface area contributed by atoms with E-state index >= 15 is 0 Å². The van der Waals surface area contributed by atoms with Gasteiger partial charge in [-0.25, -0.2) is 4.79 Å². The number of amides is 1. The number of carbonyl (C=O) groups excluding carboxylic acids is 1. The smallest absolute Gasteiger partial charge is 0.335 e. The summed E-state index contributed by atoms with van der Waals surface area (Å²) < 4.78 is 0. The second-order valence-electron chi connectivity index (χ2n) is 5.22. The molecule has 4 nitrogen and oxygen atoms in total. The Balaban J connectivity index is 2.05. The lowest BCUT2D eigenvalue weighted by molar-refractivity contribution is 0.0683. The second kappa shape index (κ2) is 5.05. The average molecular weight is 281 g/mol. The molecule has 2 aromatic rings. The maximum Gasteiger partial charge on any atom is 0.335 e. The molecular weight excluding hydrogens is 266 g/mol. The quantitative estimate of drug-likeness (QED) is 0.920. The van der Waals surface area contributed by atoms with E-state index in [2.05, 4.69) is 0 Å². The third-order valence-electron chi connectivity index (χ3n) is 3.97. The summed E-state index contributed by atoms with van der Waals surface area (Å²) in [6.07, 6.45) is 0.628. The van der Waals surface area contributed by atoms with Crippen molar-refractivity contribution in [2.45, 2.75) is 12.5 Å². The fourth-order valence-electron chi connectivity index (χ4n) is 2.80. The van der Waals surface area contributed by atoms with Crippen LogP contribution in [0.4, 0.5) is 0 Å². The van der Waals surface area contributed by atoms with Gasteiger partial charge in [0, 0.05) is 12.6 Å². The zero-order valence-electron chi connectivity index (χ0n) is 11.6. The molecule has 0 saturated carbocycles. The molecule has 106 valence electrons. The van der Waals surface area contributed by atoms with Crippen molar-refractivity contribution in [3.63, 3.8) is 0 Å². The summed E-state index contributed by atoms with van der Waals surface area (Å²) in [6.45, 7) is 0. The third kappa shape index (κ3) is 2.29. The number of carboxylic acids is 1. The first-order valence-electron chi connectivity index (χ1n) is 6.76. The van der Waals surface area contributed by atoms with Crippen LogP contribution in [0.1, 0.15) is 37.9 Å². The zero-order chi connectivity index (χ0) is 15.0. The summed E-state index contributed by atoms with van der Waals surface area (Å²) in [5.74, 6) is -1.04. The molecule has 2 aromatic carbocycles. The average Bonchev–Trinajstić information content (AvgIpc) is 2.51. The molecule has 1 aliphatic rings. The maximum atomic E-state index is 12.5. The number of carboxylic acid groups (broad SMARTS) is 1. The molecule has 21 heavy (non-hydrogen) atoms. The molecule has 1 atom stereocenters. The van der Waals surface area contributed by atoms with Crippen molar-refractivity contribution in [2.24, 2.45) is 0 Å². The van der Waals surface area contributed by atoms with Gasteiger partial charge in [0.05, 0.1) is 11.6 Å². The van der Waals surface area contributed by atoms with Gasteiger partial charge in [0.25, 0.3) is 5.91 Å². The van der Waals surface area contributed by atoms with E-state index in [0.29, 0.717) is 12.0 Å². The minimum Gasteiger partial charge on any atom is -0.478 e. The first-order chi connectivity index (χ1) is 10.1. The molecular formula is C17H15NO3. The van der Waals surface area contributed by atoms with Crippen molar-refractivity contribution in [1.82, 2.24) is 4.90 Å². The summed E-state index contributed by atoms with van der Waals surface area (Å²) >= 11 is 0. The Bertz CT molecular complexity index is 709. The van der Waals surface area contributed by atoms with Crippen molar-refractivity contribution >= 4 is 11.9 Å². The van der Waals surface area contributed by atoms with E-state index in [9.17, 15) is 9.59 Å². The van der Waals surface area contributed by atoms with Crippen LogP contribution in [-0.2, 0) is 6.42 Å². The highest BCUT2D eigenvalue weighted by atomic mass is 16.4. The van der Waals surface area contributed by atoms with E-state index in [4.69, 9.17) is 5.11 Å². The van der Waals surface area contributed by atoms with E-state index in [1.54, 1.807) is 24.1 Å². The van der Waals surface area contributed by atoms with E-state index < -0.39 is 5.97 Å². The Labute approximate surface area is 122 Å². The maximum absolute atomic E-state index is 12.5. The van der Waals surface area contributed by atoms with Crippen molar-refractivity contribution < 1.29 is 14.7 Å². The van der Waals surface area contributed by atoms with Gasteiger partial charge in [-0.2, -0.15) is 0 Å². The summed E-state index contributed by atoms with van der Waals surface area (Å²) in [7, 11) is 1.79. The fraction of sp³-hybridized carbons (Fsp3) is 0.176. The highest BCUT2D eigenvalue weighted by Gasteiger charge is 2.31. The molecule has 0 aromatic heterocycles. The van der Waals surface area contributed by atoms with Crippen LogP contribution in [0.25, 0.3) is 0 Å². The molecule has 0 spiro atoms. The summed E-state index contributed by atoms with van der Waals surface area (Å²) in [5.41, 5.74) is 2.67. The first kappa shape index (κ1) is 13.4. The summed E-state index contributed by atoms with van der Waals surface area (Å²) in [6, 6.07) is 14.4. The van der Waals surface area contributed by atoms with Gasteiger partial charge in [0.15, 0.2) is 0 Å². The molecule has 1 amide bonds. The number of rotatable bonds is 2. The monoisotopic (exact) mass is 281 g/mol. The lowest BCUT2D eigenvalue weighted by Gasteiger charge is -2.34. The molecule has 1 aliphatic heterocycles. The van der Waals surface area contributed by atoms with Crippen LogP contribution in [0, 0.1) is 0 Å². The first-order valence-corrected chi connectivity index (χ1v) is 6.76. The van der Waals surface area contributed by atoms with Gasteiger partial charge in [0.2, 0.25) is 0 Å². The van der Waals surface area contributed by atoms with Gasteiger partial charge < -0.3 is 10.0 Å². The molecule has 0 radical (unpaired) electrons. The fourth-order valence-corrected chi connectivity index (χ4v) is 2.80. The minimum absolute atomic E-state index is 0.0600. The molecule has 0 unspecified atom stereocenters. The van der Waals surface area contributed by atoms with Crippen LogP contribution in [0.15, 0.2) is 48.5 Å². The standard InChI is InChI=1S/C17H15NO3/c1-18-15(11-5-3-2-4-6-11)10-13-9-12(17(20)21)7-8-14(13)16(18)19/h2-9,15H,10H2,1H3,(H,20,21)/t15-/m0/s1. The Hall–Kier alpha value is -2.62. The van der Waals surface area contributed by atoms with E-state index in [0.717, 1.165) is 11.1 Å². The van der Waals surface area contributed by atoms with Gasteiger partial charge in [0.1, 0.15) is 0 Å². The molecule has 4 heteroatoms. The van der Waals surface area contributed by atoms with Gasteiger partial charge in [-0.1, -0.05) is 30.3 Å². The van der Waals surface area contributed by atoms with Crippen molar-refractivity contribution in [3.8, 4) is 0 Å². The molecule has 0 fully saturated rings. The van der Waals surface area contributed by atoms with Gasteiger partial charge in [-0.15, -0.1) is 0 Å². The number of benzene rings is 2. The number of carbonyl (C=O) groups is 2. The number of aromatic carboxylic acids is 1. The lowest BCUT2D eigenvalue weighted by atomic mass is 9.89. The predicted octanol–water partition coefficient (Wildman–Crippen LogP) is 2.75. The molecule has 0 bridgehead atoms. The number of fused-ring (bicyclic) bond motifs is 1. The number of hydrogen-bond acceptors (Lipinski definition) is 2. The highest BCUT2D eigenvalue weighted by Crippen LogP contribution is 2.32. The van der Waals surface area contributed by atoms with Crippen LogP contribution in [0.5, 0.6) is 0 Å². The van der Waals surface area contributed by atoms with E-state index in [1.807, 2.05) is 30.3 Å². The van der Waals surface area contributed by atoms with Crippen molar-refractivity contribution in [1.29, 1.82) is 0 Å². The Morgan fingerprint density at radius 2 is 1.90 bits per heavy atom. The number of likely N-dealkylation sites (N-methyl/N-ethyl adjacent to an activating group) is 1. The van der Waals surface area contributed by atoms with Crippen LogP contribution in [0.3, 0.4) is 0 Å². The SMILES string of the molecule is CN1C(=O)c2ccc(C(=O)O)cc2C[C@H]1c1ccccc1. The number of hydrogen-bond donors (Lipinski definition) is 1. The Morgan fingerprint density at radius 1 is 1.19 bits per heavy atom. The van der Waals surface area contributed by atoms with E-state index in [-0.39, 0.29) is 17.5 Å². The molecule has 1 heterocycles. The van der Waals surface area contributed by atoms with Gasteiger partial charge >= 0.3 is 5.97 Å². The van der Waals surface area contributed by atoms with Crippen molar-refractivity contribution in [2.75, 3.05) is 7.05 Å². The third-order valence-corrected chi connectivity index (χ3v) is 3.97. The highest BCUT2D eigenvalue weighted by molar-refractivity contribution is 5.98. The largest absolute Gasteiger partial charge is 0.478 e. The van der Waals surface area contributed by atoms with Gasteiger partial charge in [-0.05, 0) is 35.7 Å². The Kier molecular flexibility index (Phi) is 3.22. The van der Waals surface area contributed by atoms with Crippen LogP contribution in [-0.4, -0.2) is 28.9 Å². The van der Waals surface area contributed by atoms with Gasteiger partial charge in [-0.3, -0.25) is 4.79 Å². The van der Waals surface area contributed by atoms with Crippen molar-refractivity contribution in [3.05, 3.63) is 70.8 Å². The number of nitrogens with zero attached hydrogens (tertiary/aromatic N) is 1. The Morgan fingerprint density at radius 3 is 2.57 bits per heavy atom. The zero-order valence-corrected chi connectivity index (χ0v) is 11.6. The second-order valence-corrected chi connectivity index (χ2v) is 5.22. The van der Waals surface area contributed by atoms with E-state index in [1.165, 1.54) is 6.07 Å². The topological polar surface area (TPSA) is 57.6 Å². The predicted molar refractivity (Wildman–Crippen MR) is 78.4 cm³/mol. The minimum atomic E-state index is -0.972. The normalized spacial score (nSPS) is 17.5. The van der Waals surface area contributed by atoms with Crippen LogP contribution < -0.4 is 0 Å². The summed E-state index contributed by atoms with van der Waals surface area (Å²) in [5, 5.41) is 9.09.